The smallest absolute Gasteiger partial charge is 0.325 e. The molecular formula is C19H19NO5S. The molecule has 0 bridgehead atoms. The number of sulfone groups is 1. The molecule has 1 N–H and O–H groups in total. The van der Waals surface area contributed by atoms with Crippen LogP contribution in [0.1, 0.15) is 31.1 Å². The molecule has 0 radical (unpaired) electrons. The van der Waals surface area contributed by atoms with Crippen LogP contribution in [0.4, 0.5) is 0 Å². The Bertz CT molecular complexity index is 991. The fourth-order valence-electron chi connectivity index (χ4n) is 2.37. The van der Waals surface area contributed by atoms with Gasteiger partial charge in [-0.15, -0.1) is 0 Å². The van der Waals surface area contributed by atoms with Crippen molar-refractivity contribution in [1.29, 1.82) is 0 Å². The monoisotopic (exact) mass is 373 g/mol. The fourth-order valence-corrected chi connectivity index (χ4v) is 3.09. The maximum Gasteiger partial charge on any atom is 0.325 e. The second-order valence-electron chi connectivity index (χ2n) is 6.78. The van der Waals surface area contributed by atoms with E-state index in [1.54, 1.807) is 6.07 Å². The Labute approximate surface area is 152 Å². The van der Waals surface area contributed by atoms with Crippen molar-refractivity contribution < 1.29 is 22.8 Å². The number of benzene rings is 1. The minimum atomic E-state index is -3.83. The molecule has 7 heteroatoms. The molecule has 0 saturated heterocycles. The molecule has 1 aliphatic rings. The molecule has 0 spiro atoms. The molecule has 6 nitrogen and oxygen atoms in total. The van der Waals surface area contributed by atoms with E-state index in [0.29, 0.717) is 11.6 Å². The van der Waals surface area contributed by atoms with Gasteiger partial charge < -0.3 is 9.63 Å². The molecule has 0 amide bonds. The van der Waals surface area contributed by atoms with E-state index in [0.717, 1.165) is 17.4 Å². The summed E-state index contributed by atoms with van der Waals surface area (Å²) >= 11 is 0. The Balaban J connectivity index is 1.79. The number of rotatable bonds is 5. The molecule has 1 atom stereocenters. The molecule has 1 fully saturated rings. The van der Waals surface area contributed by atoms with Crippen LogP contribution in [0, 0.1) is 17.8 Å². The Morgan fingerprint density at radius 3 is 2.54 bits per heavy atom. The van der Waals surface area contributed by atoms with Crippen LogP contribution >= 0.6 is 0 Å². The lowest BCUT2D eigenvalue weighted by Gasteiger charge is -2.20. The van der Waals surface area contributed by atoms with Gasteiger partial charge in [0.05, 0.1) is 0 Å². The lowest BCUT2D eigenvalue weighted by molar-refractivity contribution is -0.139. The quantitative estimate of drug-likeness (QED) is 0.809. The minimum absolute atomic E-state index is 0.202. The van der Waals surface area contributed by atoms with E-state index in [4.69, 9.17) is 4.52 Å². The van der Waals surface area contributed by atoms with Crippen LogP contribution in [0.3, 0.4) is 0 Å². The number of hydrogen-bond acceptors (Lipinski definition) is 5. The zero-order valence-corrected chi connectivity index (χ0v) is 15.3. The van der Waals surface area contributed by atoms with Gasteiger partial charge in [0.2, 0.25) is 0 Å². The average molecular weight is 373 g/mol. The number of carboxylic acid groups (broad SMARTS) is 1. The first-order valence-corrected chi connectivity index (χ1v) is 10.1. The standard InChI is InChI=1S/C19H19NO5S/c1-19(18(21)22,26(2,23)24)12-16-11-17(20-25-16)15-9-7-14(8-10-15)6-5-13-3-4-13/h7-11,13H,3-4,12H2,1-2H3,(H,21,22)/t19-/m1/s1. The topological polar surface area (TPSA) is 97.5 Å². The highest BCUT2D eigenvalue weighted by Gasteiger charge is 2.45. The van der Waals surface area contributed by atoms with Crippen LogP contribution in [0.15, 0.2) is 34.9 Å². The summed E-state index contributed by atoms with van der Waals surface area (Å²) in [7, 11) is -3.83. The van der Waals surface area contributed by atoms with Crippen LogP contribution in [-0.2, 0) is 21.1 Å². The van der Waals surface area contributed by atoms with Gasteiger partial charge in [-0.05, 0) is 31.9 Å². The van der Waals surface area contributed by atoms with Crippen LogP contribution in [0.5, 0.6) is 0 Å². The zero-order valence-electron chi connectivity index (χ0n) is 14.5. The van der Waals surface area contributed by atoms with Crippen molar-refractivity contribution in [1.82, 2.24) is 5.16 Å². The molecule has 2 aromatic rings. The highest BCUT2D eigenvalue weighted by molar-refractivity contribution is 7.92. The van der Waals surface area contributed by atoms with Gasteiger partial charge >= 0.3 is 5.97 Å². The lowest BCUT2D eigenvalue weighted by Crippen LogP contribution is -2.44. The van der Waals surface area contributed by atoms with Crippen LogP contribution in [0.2, 0.25) is 0 Å². The summed E-state index contributed by atoms with van der Waals surface area (Å²) in [6.07, 6.45) is 2.96. The predicted molar refractivity (Wildman–Crippen MR) is 96.1 cm³/mol. The van der Waals surface area contributed by atoms with Crippen LogP contribution in [0.25, 0.3) is 11.3 Å². The van der Waals surface area contributed by atoms with Crippen molar-refractivity contribution in [3.8, 4) is 23.1 Å². The summed E-state index contributed by atoms with van der Waals surface area (Å²) in [5.41, 5.74) is 2.22. The highest BCUT2D eigenvalue weighted by atomic mass is 32.2. The Morgan fingerprint density at radius 2 is 2.00 bits per heavy atom. The SMILES string of the molecule is C[C@@](Cc1cc(-c2ccc(C#CC3CC3)cc2)no1)(C(=O)O)S(C)(=O)=O. The second kappa shape index (κ2) is 6.61. The molecule has 1 heterocycles. The average Bonchev–Trinajstić information content (AvgIpc) is 3.30. The van der Waals surface area contributed by atoms with Crippen molar-refractivity contribution in [2.24, 2.45) is 5.92 Å². The summed E-state index contributed by atoms with van der Waals surface area (Å²) in [6, 6.07) is 9.04. The van der Waals surface area contributed by atoms with E-state index in [1.807, 2.05) is 24.3 Å². The molecule has 3 rings (SSSR count). The van der Waals surface area contributed by atoms with Gasteiger partial charge in [-0.1, -0.05) is 29.1 Å². The third-order valence-electron chi connectivity index (χ3n) is 4.52. The summed E-state index contributed by atoms with van der Waals surface area (Å²) in [5, 5.41) is 13.3. The van der Waals surface area contributed by atoms with E-state index in [1.165, 1.54) is 19.8 Å². The highest BCUT2D eigenvalue weighted by Crippen LogP contribution is 2.28. The molecule has 0 unspecified atom stereocenters. The molecule has 1 aromatic heterocycles. The Kier molecular flexibility index (Phi) is 4.63. The van der Waals surface area contributed by atoms with E-state index >= 15 is 0 Å². The van der Waals surface area contributed by atoms with Gasteiger partial charge in [-0.3, -0.25) is 4.79 Å². The van der Waals surface area contributed by atoms with Crippen molar-refractivity contribution in [2.75, 3.05) is 6.26 Å². The third kappa shape index (κ3) is 3.81. The molecule has 1 aliphatic carbocycles. The number of carboxylic acids is 1. The van der Waals surface area contributed by atoms with Crippen molar-refractivity contribution in [2.45, 2.75) is 30.9 Å². The van der Waals surface area contributed by atoms with Gasteiger partial charge in [-0.2, -0.15) is 0 Å². The number of hydrogen-bond donors (Lipinski definition) is 1. The first-order valence-electron chi connectivity index (χ1n) is 8.19. The van der Waals surface area contributed by atoms with Gasteiger partial charge in [-0.25, -0.2) is 8.42 Å². The summed E-state index contributed by atoms with van der Waals surface area (Å²) in [4.78, 5) is 11.4. The van der Waals surface area contributed by atoms with Gasteiger partial charge in [0.15, 0.2) is 14.6 Å². The van der Waals surface area contributed by atoms with Gasteiger partial charge in [0.1, 0.15) is 11.5 Å². The predicted octanol–water partition coefficient (Wildman–Crippen LogP) is 2.53. The maximum absolute atomic E-state index is 11.9. The number of carbonyl (C=O) groups is 1. The first-order chi connectivity index (χ1) is 12.2. The Hall–Kier alpha value is -2.59. The van der Waals surface area contributed by atoms with E-state index in [9.17, 15) is 18.3 Å². The second-order valence-corrected chi connectivity index (χ2v) is 9.23. The third-order valence-corrected chi connectivity index (χ3v) is 6.48. The molecular weight excluding hydrogens is 354 g/mol. The lowest BCUT2D eigenvalue weighted by atomic mass is 10.0. The normalized spacial score (nSPS) is 16.4. The summed E-state index contributed by atoms with van der Waals surface area (Å²) in [6.45, 7) is 1.17. The van der Waals surface area contributed by atoms with E-state index in [2.05, 4.69) is 17.0 Å². The van der Waals surface area contributed by atoms with Crippen LogP contribution < -0.4 is 0 Å². The van der Waals surface area contributed by atoms with Gasteiger partial charge in [0, 0.05) is 35.8 Å². The minimum Gasteiger partial charge on any atom is -0.480 e. The molecule has 0 aliphatic heterocycles. The van der Waals surface area contributed by atoms with E-state index < -0.39 is 20.6 Å². The fraction of sp³-hybridized carbons (Fsp3) is 0.368. The van der Waals surface area contributed by atoms with E-state index in [-0.39, 0.29) is 12.2 Å². The van der Waals surface area contributed by atoms with Crippen molar-refractivity contribution in [3.63, 3.8) is 0 Å². The van der Waals surface area contributed by atoms with Crippen molar-refractivity contribution >= 4 is 15.8 Å². The molecule has 1 saturated carbocycles. The largest absolute Gasteiger partial charge is 0.480 e. The maximum atomic E-state index is 11.9. The molecule has 1 aromatic carbocycles. The zero-order chi connectivity index (χ0) is 18.9. The summed E-state index contributed by atoms with van der Waals surface area (Å²) in [5.74, 6) is 5.63. The number of aromatic nitrogens is 1. The van der Waals surface area contributed by atoms with Crippen LogP contribution in [-0.4, -0.2) is 35.7 Å². The molecule has 26 heavy (non-hydrogen) atoms. The summed E-state index contributed by atoms with van der Waals surface area (Å²) < 4.78 is 26.9. The molecule has 136 valence electrons. The first kappa shape index (κ1) is 18.2. The Morgan fingerprint density at radius 1 is 1.35 bits per heavy atom. The van der Waals surface area contributed by atoms with Gasteiger partial charge in [0.25, 0.3) is 0 Å². The number of aliphatic carboxylic acids is 1. The van der Waals surface area contributed by atoms with Crippen molar-refractivity contribution in [3.05, 3.63) is 41.7 Å². The number of nitrogens with zero attached hydrogens (tertiary/aromatic N) is 1.